The van der Waals surface area contributed by atoms with Crippen LogP contribution in [0.15, 0.2) is 154 Å². The van der Waals surface area contributed by atoms with Crippen LogP contribution in [-0.4, -0.2) is 97.5 Å². The molecular formula is C63H68N8O3. The van der Waals surface area contributed by atoms with Crippen LogP contribution in [0.2, 0.25) is 0 Å². The van der Waals surface area contributed by atoms with Crippen molar-refractivity contribution in [2.45, 2.75) is 75.3 Å². The maximum Gasteiger partial charge on any atom is 0.323 e. The summed E-state index contributed by atoms with van der Waals surface area (Å²) in [5, 5.41) is 3.22. The van der Waals surface area contributed by atoms with E-state index in [9.17, 15) is 0 Å². The van der Waals surface area contributed by atoms with Gasteiger partial charge in [0.1, 0.15) is 18.3 Å². The van der Waals surface area contributed by atoms with Crippen molar-refractivity contribution in [1.82, 2.24) is 39.6 Å². The van der Waals surface area contributed by atoms with E-state index in [-0.39, 0.29) is 36.2 Å². The van der Waals surface area contributed by atoms with Gasteiger partial charge in [-0.25, -0.2) is 0 Å². The second kappa shape index (κ2) is 20.3. The fourth-order valence-electron chi connectivity index (χ4n) is 14.6. The van der Waals surface area contributed by atoms with Gasteiger partial charge in [0.25, 0.3) is 0 Å². The Kier molecular flexibility index (Phi) is 12.9. The fourth-order valence-corrected chi connectivity index (χ4v) is 14.6. The van der Waals surface area contributed by atoms with E-state index in [1.54, 1.807) is 0 Å². The zero-order valence-electron chi connectivity index (χ0n) is 42.5. The standard InChI is InChI=1S/C63H68N8O3/c1-4-40-23-30-70-31-24-44(40)34-56(70)61(51-20-27-65-54-17-11-8-14-48(51)54)72-58-36-59(73-62(52-21-28-66-55-18-12-9-15-49(52)55)57-35-45-25-32-71(57)39-42(45)6-3)68-63(67-58)74-60(50-19-26-64-53-16-10-7-13-47(50)53)46-33-43-22-29-69(38-46)37-41(43)5-2/h4-21,26-28,36,40-46,56-57,60-62H,1-3,22-25,29-35,37-39H2/t40?,41?,42-,43?,44?,45?,46?,56+,57-,60+,61+,62+/m0/s1. The van der Waals surface area contributed by atoms with Crippen molar-refractivity contribution in [3.63, 3.8) is 0 Å². The molecule has 3 aromatic carbocycles. The Morgan fingerprint density at radius 2 is 0.946 bits per heavy atom. The molecule has 11 heteroatoms. The predicted molar refractivity (Wildman–Crippen MR) is 292 cm³/mol. The van der Waals surface area contributed by atoms with Crippen LogP contribution in [0.3, 0.4) is 0 Å². The van der Waals surface area contributed by atoms with Crippen molar-refractivity contribution in [3.05, 3.63) is 170 Å². The Morgan fingerprint density at radius 1 is 0.473 bits per heavy atom. The summed E-state index contributed by atoms with van der Waals surface area (Å²) in [4.78, 5) is 33.1. The molecule has 74 heavy (non-hydrogen) atoms. The molecule has 0 spiro atoms. The third-order valence-corrected chi connectivity index (χ3v) is 18.4. The van der Waals surface area contributed by atoms with Crippen LogP contribution >= 0.6 is 0 Å². The van der Waals surface area contributed by atoms with Crippen LogP contribution in [0, 0.1) is 41.4 Å². The number of para-hydroxylation sites is 3. The van der Waals surface area contributed by atoms with Gasteiger partial charge < -0.3 is 19.1 Å². The minimum absolute atomic E-state index is 0.0804. The molecule has 11 nitrogen and oxygen atoms in total. The van der Waals surface area contributed by atoms with Crippen LogP contribution in [0.1, 0.15) is 79.9 Å². The van der Waals surface area contributed by atoms with E-state index >= 15 is 0 Å². The molecular weight excluding hydrogens is 917 g/mol. The molecule has 9 aliphatic heterocycles. The SMILES string of the molecule is C=CC1C[N@@]2CCC1CC([C@@H](Oc1nc(O[C@H](c3ccnc4ccccc34)[C@H]3CC4CC[N@]3CCC4C=C)cc(O[C@H](c3ccnc4ccccc34)[C@@H]3CC4CC[N@@]3C[C@@H]4C=C)n1)c1ccnc3ccccc13)C2. The number of fused-ring (bicyclic) bond motifs is 14. The van der Waals surface area contributed by atoms with Crippen molar-refractivity contribution in [3.8, 4) is 17.8 Å². The first-order chi connectivity index (χ1) is 36.5. The van der Waals surface area contributed by atoms with E-state index in [4.69, 9.17) is 39.1 Å². The van der Waals surface area contributed by atoms with Gasteiger partial charge in [0.15, 0.2) is 0 Å². The molecule has 0 radical (unpaired) electrons. The van der Waals surface area contributed by atoms with Crippen molar-refractivity contribution in [1.29, 1.82) is 0 Å². The number of benzene rings is 3. The number of piperidine rings is 5. The molecule has 6 bridgehead atoms. The van der Waals surface area contributed by atoms with E-state index in [1.165, 1.54) is 0 Å². The summed E-state index contributed by atoms with van der Waals surface area (Å²) in [6.07, 6.45) is 18.6. The molecule has 378 valence electrons. The highest BCUT2D eigenvalue weighted by molar-refractivity contribution is 5.84. The summed E-state index contributed by atoms with van der Waals surface area (Å²) >= 11 is 0. The molecule has 13 heterocycles. The number of pyridine rings is 3. The topological polar surface area (TPSA) is 102 Å². The lowest BCUT2D eigenvalue weighted by molar-refractivity contribution is -0.0373. The summed E-state index contributed by atoms with van der Waals surface area (Å²) in [5.41, 5.74) is 6.08. The van der Waals surface area contributed by atoms with Gasteiger partial charge in [0.2, 0.25) is 11.8 Å². The minimum Gasteiger partial charge on any atom is -0.467 e. The highest BCUT2D eigenvalue weighted by Gasteiger charge is 2.46. The largest absolute Gasteiger partial charge is 0.467 e. The third-order valence-electron chi connectivity index (χ3n) is 18.4. The van der Waals surface area contributed by atoms with E-state index in [2.05, 4.69) is 144 Å². The van der Waals surface area contributed by atoms with Crippen LogP contribution in [0.4, 0.5) is 0 Å². The predicted octanol–water partition coefficient (Wildman–Crippen LogP) is 11.8. The molecule has 16 rings (SSSR count). The lowest BCUT2D eigenvalue weighted by atomic mass is 9.73. The normalized spacial score (nSPS) is 30.5. The van der Waals surface area contributed by atoms with Crippen LogP contribution in [-0.2, 0) is 0 Å². The first kappa shape index (κ1) is 47.2. The molecule has 15 atom stereocenters. The van der Waals surface area contributed by atoms with Crippen molar-refractivity contribution in [2.75, 3.05) is 45.8 Å². The molecule has 6 unspecified atom stereocenters. The van der Waals surface area contributed by atoms with E-state index in [1.807, 2.05) is 24.7 Å². The lowest BCUT2D eigenvalue weighted by Crippen LogP contribution is -2.55. The number of hydrogen-bond donors (Lipinski definition) is 0. The second-order valence-corrected chi connectivity index (χ2v) is 22.2. The Labute approximate surface area is 435 Å². The van der Waals surface area contributed by atoms with Crippen molar-refractivity contribution >= 4 is 32.7 Å². The molecule has 0 saturated carbocycles. The van der Waals surface area contributed by atoms with Gasteiger partial charge in [-0.2, -0.15) is 9.97 Å². The number of ether oxygens (including phenoxy) is 3. The maximum atomic E-state index is 7.62. The number of allylic oxidation sites excluding steroid dienone is 1. The van der Waals surface area contributed by atoms with E-state index < -0.39 is 6.10 Å². The van der Waals surface area contributed by atoms with Gasteiger partial charge >= 0.3 is 6.01 Å². The molecule has 0 N–H and O–H groups in total. The molecule has 9 saturated heterocycles. The Bertz CT molecular complexity index is 3190. The molecule has 9 fully saturated rings. The van der Waals surface area contributed by atoms with Gasteiger partial charge in [0, 0.05) is 77.0 Å². The number of nitrogens with zero attached hydrogens (tertiary/aromatic N) is 8. The number of rotatable bonds is 15. The Morgan fingerprint density at radius 3 is 1.50 bits per heavy atom. The molecule has 0 amide bonds. The molecule has 9 aliphatic rings. The summed E-state index contributed by atoms with van der Waals surface area (Å²) in [6, 6.07) is 34.0. The van der Waals surface area contributed by atoms with Gasteiger partial charge in [-0.1, -0.05) is 72.8 Å². The van der Waals surface area contributed by atoms with Crippen LogP contribution in [0.25, 0.3) is 32.7 Å². The van der Waals surface area contributed by atoms with E-state index in [0.29, 0.717) is 47.3 Å². The summed E-state index contributed by atoms with van der Waals surface area (Å²) < 4.78 is 22.7. The summed E-state index contributed by atoms with van der Waals surface area (Å²) in [6.45, 7) is 19.8. The first-order valence-corrected chi connectivity index (χ1v) is 27.5. The Balaban J connectivity index is 0.966. The third kappa shape index (κ3) is 8.94. The highest BCUT2D eigenvalue weighted by atomic mass is 16.5. The minimum atomic E-state index is -0.395. The zero-order chi connectivity index (χ0) is 49.7. The molecule has 7 aromatic rings. The summed E-state index contributed by atoms with van der Waals surface area (Å²) in [7, 11) is 0. The first-order valence-electron chi connectivity index (χ1n) is 27.5. The van der Waals surface area contributed by atoms with Crippen molar-refractivity contribution < 1.29 is 14.2 Å². The molecule has 0 aliphatic carbocycles. The van der Waals surface area contributed by atoms with Gasteiger partial charge in [-0.15, -0.1) is 19.7 Å². The smallest absolute Gasteiger partial charge is 0.323 e. The lowest BCUT2D eigenvalue weighted by Gasteiger charge is -2.51. The molecule has 4 aromatic heterocycles. The fraction of sp³-hybridized carbons (Fsp3) is 0.413. The zero-order valence-corrected chi connectivity index (χ0v) is 42.5. The maximum absolute atomic E-state index is 7.62. The van der Waals surface area contributed by atoms with Gasteiger partial charge in [-0.3, -0.25) is 24.8 Å². The monoisotopic (exact) mass is 985 g/mol. The summed E-state index contributed by atoms with van der Waals surface area (Å²) in [5.74, 6) is 3.86. The highest BCUT2D eigenvalue weighted by Crippen LogP contribution is 2.48. The van der Waals surface area contributed by atoms with Crippen LogP contribution in [0.5, 0.6) is 17.8 Å². The average Bonchev–Trinajstić information content (AvgIpc) is 3.95. The second-order valence-electron chi connectivity index (χ2n) is 22.2. The number of aromatic nitrogens is 5. The van der Waals surface area contributed by atoms with Gasteiger partial charge in [-0.05, 0) is 143 Å². The Hall–Kier alpha value is -6.53. The van der Waals surface area contributed by atoms with Crippen molar-refractivity contribution in [2.24, 2.45) is 41.4 Å². The van der Waals surface area contributed by atoms with Gasteiger partial charge in [0.05, 0.1) is 34.7 Å². The average molecular weight is 985 g/mol. The quantitative estimate of drug-likeness (QED) is 0.0918. The van der Waals surface area contributed by atoms with E-state index in [0.717, 1.165) is 140 Å². The van der Waals surface area contributed by atoms with Crippen LogP contribution < -0.4 is 14.2 Å². The number of hydrogen-bond acceptors (Lipinski definition) is 11.